The van der Waals surface area contributed by atoms with E-state index in [-0.39, 0.29) is 0 Å². The number of phenols is 2. The number of rotatable bonds is 0. The first-order chi connectivity index (χ1) is 9.54. The Morgan fingerprint density at radius 1 is 0.600 bits per heavy atom. The SMILES string of the molecule is Oc1cc2c(Br)cc1CCc1cc(O)c(cc1Br)CC2. The van der Waals surface area contributed by atoms with Gasteiger partial charge in [-0.25, -0.2) is 0 Å². The molecule has 4 aliphatic carbocycles. The fourth-order valence-corrected chi connectivity index (χ4v) is 3.79. The van der Waals surface area contributed by atoms with E-state index in [1.165, 1.54) is 0 Å². The minimum absolute atomic E-state index is 0.360. The van der Waals surface area contributed by atoms with Crippen molar-refractivity contribution in [1.29, 1.82) is 0 Å². The fraction of sp³-hybridized carbons (Fsp3) is 0.250. The summed E-state index contributed by atoms with van der Waals surface area (Å²) in [5, 5.41) is 20.2. The lowest BCUT2D eigenvalue weighted by atomic mass is 9.95. The van der Waals surface area contributed by atoms with Gasteiger partial charge in [-0.1, -0.05) is 31.9 Å². The Morgan fingerprint density at radius 3 is 1.35 bits per heavy atom. The van der Waals surface area contributed by atoms with Gasteiger partial charge in [-0.2, -0.15) is 0 Å². The zero-order valence-electron chi connectivity index (χ0n) is 10.8. The molecule has 6 rings (SSSR count). The summed E-state index contributed by atoms with van der Waals surface area (Å²) in [6.07, 6.45) is 3.02. The van der Waals surface area contributed by atoms with Crippen LogP contribution < -0.4 is 0 Å². The van der Waals surface area contributed by atoms with Crippen LogP contribution in [0.5, 0.6) is 11.5 Å². The van der Waals surface area contributed by atoms with Crippen molar-refractivity contribution in [3.63, 3.8) is 0 Å². The molecule has 2 N–H and O–H groups in total. The molecule has 2 aromatic rings. The lowest BCUT2D eigenvalue weighted by Crippen LogP contribution is -2.01. The minimum atomic E-state index is 0.360. The highest BCUT2D eigenvalue weighted by Crippen LogP contribution is 2.33. The fourth-order valence-electron chi connectivity index (χ4n) is 2.61. The average Bonchev–Trinajstić information content (AvgIpc) is 2.40. The first kappa shape index (κ1) is 14.0. The van der Waals surface area contributed by atoms with E-state index in [9.17, 15) is 10.2 Å². The highest BCUT2D eigenvalue weighted by Gasteiger charge is 2.14. The number of aromatic hydroxyl groups is 2. The summed E-state index contributed by atoms with van der Waals surface area (Å²) in [4.78, 5) is 0. The van der Waals surface area contributed by atoms with E-state index < -0.39 is 0 Å². The van der Waals surface area contributed by atoms with Crippen molar-refractivity contribution >= 4 is 31.9 Å². The Kier molecular flexibility index (Phi) is 3.78. The van der Waals surface area contributed by atoms with Crippen LogP contribution in [0.2, 0.25) is 0 Å². The first-order valence-electron chi connectivity index (χ1n) is 6.55. The molecule has 104 valence electrons. The number of aryl methyl sites for hydroxylation is 4. The molecular formula is C16H14Br2O2. The van der Waals surface area contributed by atoms with Crippen LogP contribution in [0, 0.1) is 0 Å². The smallest absolute Gasteiger partial charge is 0.119 e. The van der Waals surface area contributed by atoms with E-state index in [0.717, 1.165) is 56.9 Å². The summed E-state index contributed by atoms with van der Waals surface area (Å²) < 4.78 is 2.05. The monoisotopic (exact) mass is 396 g/mol. The molecule has 4 bridgehead atoms. The number of hydrogen-bond donors (Lipinski definition) is 2. The lowest BCUT2D eigenvalue weighted by molar-refractivity contribution is 0.463. The standard InChI is InChI=1S/C16H14Br2O2/c17-13-6-12-4-2-10-8-16(20)11(5-14(10)18)3-1-9(13)7-15(12)19/h5-8,19-20H,1-4H2. The normalized spacial score (nSPS) is 14.1. The van der Waals surface area contributed by atoms with Crippen molar-refractivity contribution in [2.24, 2.45) is 0 Å². The third-order valence-corrected chi connectivity index (χ3v) is 5.30. The van der Waals surface area contributed by atoms with Crippen LogP contribution in [0.1, 0.15) is 22.3 Å². The molecule has 0 unspecified atom stereocenters. The summed E-state index contributed by atoms with van der Waals surface area (Å²) in [7, 11) is 0. The molecule has 0 fully saturated rings. The van der Waals surface area contributed by atoms with Crippen LogP contribution >= 0.6 is 31.9 Å². The maximum Gasteiger partial charge on any atom is 0.119 e. The minimum Gasteiger partial charge on any atom is -0.508 e. The Balaban J connectivity index is 2.11. The summed E-state index contributed by atoms with van der Waals surface area (Å²) in [6, 6.07) is 7.68. The van der Waals surface area contributed by atoms with Gasteiger partial charge < -0.3 is 10.2 Å². The quantitative estimate of drug-likeness (QED) is 0.686. The van der Waals surface area contributed by atoms with Crippen molar-refractivity contribution in [3.05, 3.63) is 55.5 Å². The third kappa shape index (κ3) is 2.59. The second-order valence-electron chi connectivity index (χ2n) is 5.14. The number of hydrogen-bond acceptors (Lipinski definition) is 2. The Morgan fingerprint density at radius 2 is 0.950 bits per heavy atom. The van der Waals surface area contributed by atoms with Gasteiger partial charge in [0.05, 0.1) is 0 Å². The van der Waals surface area contributed by atoms with Gasteiger partial charge >= 0.3 is 0 Å². The van der Waals surface area contributed by atoms with E-state index in [1.807, 2.05) is 24.3 Å². The molecule has 2 nitrogen and oxygen atoms in total. The molecule has 0 atom stereocenters. The van der Waals surface area contributed by atoms with E-state index >= 15 is 0 Å². The Labute approximate surface area is 134 Å². The largest absolute Gasteiger partial charge is 0.508 e. The molecule has 0 saturated heterocycles. The maximum atomic E-state index is 10.1. The molecule has 0 heterocycles. The molecule has 20 heavy (non-hydrogen) atoms. The van der Waals surface area contributed by atoms with Crippen molar-refractivity contribution < 1.29 is 10.2 Å². The molecular weight excluding hydrogens is 384 g/mol. The summed E-state index contributed by atoms with van der Waals surface area (Å²) in [6.45, 7) is 0. The summed E-state index contributed by atoms with van der Waals surface area (Å²) in [5.74, 6) is 0.720. The zero-order valence-corrected chi connectivity index (χ0v) is 14.0. The molecule has 0 amide bonds. The molecule has 2 aromatic carbocycles. The molecule has 4 heteroatoms. The second-order valence-corrected chi connectivity index (χ2v) is 6.85. The van der Waals surface area contributed by atoms with Gasteiger partial charge in [0.15, 0.2) is 0 Å². The Bertz CT molecular complexity index is 562. The average molecular weight is 398 g/mol. The van der Waals surface area contributed by atoms with Gasteiger partial charge in [-0.15, -0.1) is 0 Å². The molecule has 0 aromatic heterocycles. The van der Waals surface area contributed by atoms with Crippen molar-refractivity contribution in [2.75, 3.05) is 0 Å². The highest BCUT2D eigenvalue weighted by atomic mass is 79.9. The predicted molar refractivity (Wildman–Crippen MR) is 86.4 cm³/mol. The predicted octanol–water partition coefficient (Wildman–Crippen LogP) is 4.51. The summed E-state index contributed by atoms with van der Waals surface area (Å²) in [5.41, 5.74) is 3.98. The van der Waals surface area contributed by atoms with Gasteiger partial charge in [0, 0.05) is 8.95 Å². The van der Waals surface area contributed by atoms with Crippen molar-refractivity contribution in [2.45, 2.75) is 25.7 Å². The van der Waals surface area contributed by atoms with Crippen LogP contribution in [0.15, 0.2) is 33.2 Å². The second kappa shape index (κ2) is 5.41. The van der Waals surface area contributed by atoms with Gasteiger partial charge in [-0.05, 0) is 72.2 Å². The van der Waals surface area contributed by atoms with Crippen molar-refractivity contribution in [3.8, 4) is 11.5 Å². The van der Waals surface area contributed by atoms with Gasteiger partial charge in [0.25, 0.3) is 0 Å². The van der Waals surface area contributed by atoms with Crippen molar-refractivity contribution in [1.82, 2.24) is 0 Å². The van der Waals surface area contributed by atoms with Crippen LogP contribution in [0.25, 0.3) is 0 Å². The zero-order chi connectivity index (χ0) is 14.3. The summed E-state index contributed by atoms with van der Waals surface area (Å²) >= 11 is 7.15. The third-order valence-electron chi connectivity index (χ3n) is 3.82. The molecule has 0 saturated carbocycles. The topological polar surface area (TPSA) is 40.5 Å². The van der Waals surface area contributed by atoms with Crippen LogP contribution in [0.3, 0.4) is 0 Å². The van der Waals surface area contributed by atoms with Gasteiger partial charge in [-0.3, -0.25) is 0 Å². The Hall–Kier alpha value is -1.00. The van der Waals surface area contributed by atoms with Gasteiger partial charge in [0.1, 0.15) is 11.5 Å². The molecule has 0 aliphatic heterocycles. The van der Waals surface area contributed by atoms with E-state index in [2.05, 4.69) is 31.9 Å². The van der Waals surface area contributed by atoms with Crippen LogP contribution in [-0.4, -0.2) is 10.2 Å². The highest BCUT2D eigenvalue weighted by molar-refractivity contribution is 9.10. The molecule has 0 spiro atoms. The van der Waals surface area contributed by atoms with Crippen LogP contribution in [-0.2, 0) is 25.7 Å². The lowest BCUT2D eigenvalue weighted by Gasteiger charge is -2.15. The number of benzene rings is 2. The first-order valence-corrected chi connectivity index (χ1v) is 8.13. The molecule has 0 radical (unpaired) electrons. The van der Waals surface area contributed by atoms with E-state index in [4.69, 9.17) is 0 Å². The van der Waals surface area contributed by atoms with Crippen LogP contribution in [0.4, 0.5) is 0 Å². The number of phenolic OH excluding ortho intramolecular Hbond substituents is 2. The maximum absolute atomic E-state index is 10.1. The van der Waals surface area contributed by atoms with E-state index in [0.29, 0.717) is 11.5 Å². The van der Waals surface area contributed by atoms with Gasteiger partial charge in [0.2, 0.25) is 0 Å². The molecule has 4 aliphatic rings. The van der Waals surface area contributed by atoms with E-state index in [1.54, 1.807) is 0 Å². The number of halogens is 2.